The highest BCUT2D eigenvalue weighted by molar-refractivity contribution is 5.96. The van der Waals surface area contributed by atoms with Crippen molar-refractivity contribution in [2.24, 2.45) is 0 Å². The standard InChI is InChI=1S/C32H31NO6/c34-29(24-7-2-1-3-8-24)11-6-20-39-27-17-14-23(15-18-27)13-16-25-9-4-10-28-32(25)26(21-31(37)38)22-33(28)19-5-12-30(35)36/h1-4,7-10,13-18,22H,5-6,11-12,19-21H2,(H,35,36)(H,37,38). The summed E-state index contributed by atoms with van der Waals surface area (Å²) >= 11 is 0. The Morgan fingerprint density at radius 3 is 2.28 bits per heavy atom. The van der Waals surface area contributed by atoms with Crippen LogP contribution in [0, 0.1) is 0 Å². The average Bonchev–Trinajstić information content (AvgIpc) is 3.27. The van der Waals surface area contributed by atoms with Crippen molar-refractivity contribution in [2.75, 3.05) is 6.61 Å². The third kappa shape index (κ3) is 7.68. The summed E-state index contributed by atoms with van der Waals surface area (Å²) in [7, 11) is 0. The summed E-state index contributed by atoms with van der Waals surface area (Å²) in [4.78, 5) is 34.6. The van der Waals surface area contributed by atoms with E-state index in [2.05, 4.69) is 0 Å². The van der Waals surface area contributed by atoms with E-state index in [-0.39, 0.29) is 18.6 Å². The summed E-state index contributed by atoms with van der Waals surface area (Å²) < 4.78 is 7.74. The molecule has 4 rings (SSSR count). The van der Waals surface area contributed by atoms with Gasteiger partial charge in [-0.05, 0) is 47.7 Å². The Balaban J connectivity index is 1.40. The first kappa shape index (κ1) is 27.4. The molecule has 3 aromatic carbocycles. The number of nitrogens with zero attached hydrogens (tertiary/aromatic N) is 1. The van der Waals surface area contributed by atoms with Gasteiger partial charge in [0.1, 0.15) is 5.75 Å². The summed E-state index contributed by atoms with van der Waals surface area (Å²) in [5.41, 5.74) is 4.15. The minimum atomic E-state index is -0.918. The maximum atomic E-state index is 12.2. The summed E-state index contributed by atoms with van der Waals surface area (Å²) in [5.74, 6) is -0.936. The van der Waals surface area contributed by atoms with Gasteiger partial charge in [-0.2, -0.15) is 0 Å². The monoisotopic (exact) mass is 525 g/mol. The van der Waals surface area contributed by atoms with Crippen LogP contribution in [0.5, 0.6) is 5.75 Å². The zero-order valence-electron chi connectivity index (χ0n) is 21.6. The molecule has 0 aliphatic rings. The maximum Gasteiger partial charge on any atom is 0.307 e. The second kappa shape index (κ2) is 13.2. The third-order valence-electron chi connectivity index (χ3n) is 6.40. The molecule has 0 bridgehead atoms. The van der Waals surface area contributed by atoms with E-state index in [1.165, 1.54) is 0 Å². The van der Waals surface area contributed by atoms with Crippen molar-refractivity contribution in [3.05, 3.63) is 101 Å². The number of carbonyl (C=O) groups excluding carboxylic acids is 1. The van der Waals surface area contributed by atoms with Gasteiger partial charge in [0.2, 0.25) is 0 Å². The molecule has 0 aliphatic heterocycles. The Labute approximate surface area is 227 Å². The SMILES string of the molecule is O=C(O)CCCn1cc(CC(=O)O)c2c(C=Cc3ccc(OCCCC(=O)c4ccccc4)cc3)cccc21. The Kier molecular flexibility index (Phi) is 9.29. The average molecular weight is 526 g/mol. The van der Waals surface area contributed by atoms with Crippen LogP contribution in [-0.2, 0) is 22.6 Å². The fourth-order valence-electron chi connectivity index (χ4n) is 4.54. The lowest BCUT2D eigenvalue weighted by Gasteiger charge is -2.07. The number of fused-ring (bicyclic) bond motifs is 1. The quantitative estimate of drug-likeness (QED) is 0.113. The molecule has 200 valence electrons. The van der Waals surface area contributed by atoms with Gasteiger partial charge in [0.05, 0.1) is 13.0 Å². The van der Waals surface area contributed by atoms with Crippen LogP contribution >= 0.6 is 0 Å². The number of Topliss-reactive ketones (excluding diaryl/α,β-unsaturated/α-hetero) is 1. The van der Waals surface area contributed by atoms with E-state index in [0.29, 0.717) is 43.5 Å². The highest BCUT2D eigenvalue weighted by Crippen LogP contribution is 2.28. The first-order valence-electron chi connectivity index (χ1n) is 12.9. The number of aryl methyl sites for hydroxylation is 1. The van der Waals surface area contributed by atoms with Gasteiger partial charge in [-0.1, -0.05) is 66.7 Å². The van der Waals surface area contributed by atoms with E-state index in [1.54, 1.807) is 0 Å². The van der Waals surface area contributed by atoms with E-state index < -0.39 is 11.9 Å². The first-order chi connectivity index (χ1) is 18.9. The largest absolute Gasteiger partial charge is 0.494 e. The minimum absolute atomic E-state index is 0.0546. The molecule has 0 spiro atoms. The number of hydrogen-bond donors (Lipinski definition) is 2. The Hall–Kier alpha value is -4.65. The lowest BCUT2D eigenvalue weighted by Crippen LogP contribution is -2.03. The first-order valence-corrected chi connectivity index (χ1v) is 12.9. The number of carboxylic acids is 2. The predicted octanol–water partition coefficient (Wildman–Crippen LogP) is 6.35. The molecule has 0 radical (unpaired) electrons. The van der Waals surface area contributed by atoms with E-state index in [0.717, 1.165) is 27.8 Å². The van der Waals surface area contributed by atoms with Gasteiger partial charge in [0.25, 0.3) is 0 Å². The number of aliphatic carboxylic acids is 2. The fraction of sp³-hybridized carbons (Fsp3) is 0.219. The molecule has 0 unspecified atom stereocenters. The summed E-state index contributed by atoms with van der Waals surface area (Å²) in [6.07, 6.45) is 7.20. The Bertz CT molecular complexity index is 1470. The number of aromatic nitrogens is 1. The van der Waals surface area contributed by atoms with Crippen molar-refractivity contribution in [1.82, 2.24) is 4.57 Å². The van der Waals surface area contributed by atoms with E-state index in [4.69, 9.17) is 9.84 Å². The summed E-state index contributed by atoms with van der Waals surface area (Å²) in [6, 6.07) is 22.7. The molecular weight excluding hydrogens is 494 g/mol. The fourth-order valence-corrected chi connectivity index (χ4v) is 4.54. The van der Waals surface area contributed by atoms with Crippen LogP contribution in [-0.4, -0.2) is 39.1 Å². The molecule has 1 aromatic heterocycles. The molecule has 0 saturated carbocycles. The summed E-state index contributed by atoms with van der Waals surface area (Å²) in [5, 5.41) is 19.3. The molecular formula is C32H31NO6. The second-order valence-electron chi connectivity index (χ2n) is 9.30. The zero-order chi connectivity index (χ0) is 27.6. The Morgan fingerprint density at radius 2 is 1.56 bits per heavy atom. The van der Waals surface area contributed by atoms with Gasteiger partial charge in [0, 0.05) is 42.0 Å². The number of ketones is 1. The molecule has 7 heteroatoms. The van der Waals surface area contributed by atoms with Crippen LogP contribution in [0.1, 0.15) is 52.7 Å². The van der Waals surface area contributed by atoms with Gasteiger partial charge < -0.3 is 19.5 Å². The number of carboxylic acid groups (broad SMARTS) is 2. The van der Waals surface area contributed by atoms with Crippen molar-refractivity contribution in [1.29, 1.82) is 0 Å². The zero-order valence-corrected chi connectivity index (χ0v) is 21.6. The van der Waals surface area contributed by atoms with Crippen molar-refractivity contribution >= 4 is 40.8 Å². The van der Waals surface area contributed by atoms with Crippen molar-refractivity contribution in [3.8, 4) is 5.75 Å². The molecule has 39 heavy (non-hydrogen) atoms. The van der Waals surface area contributed by atoms with Crippen LogP contribution in [0.4, 0.5) is 0 Å². The minimum Gasteiger partial charge on any atom is -0.494 e. The number of rotatable bonds is 14. The van der Waals surface area contributed by atoms with Crippen LogP contribution in [0.3, 0.4) is 0 Å². The topological polar surface area (TPSA) is 106 Å². The van der Waals surface area contributed by atoms with Crippen molar-refractivity contribution in [2.45, 2.75) is 38.6 Å². The molecule has 0 amide bonds. The van der Waals surface area contributed by atoms with Crippen LogP contribution in [0.25, 0.3) is 23.1 Å². The third-order valence-corrected chi connectivity index (χ3v) is 6.40. The van der Waals surface area contributed by atoms with Crippen LogP contribution in [0.15, 0.2) is 79.0 Å². The van der Waals surface area contributed by atoms with Crippen LogP contribution < -0.4 is 4.74 Å². The van der Waals surface area contributed by atoms with Gasteiger partial charge in [-0.3, -0.25) is 14.4 Å². The number of benzene rings is 3. The smallest absolute Gasteiger partial charge is 0.307 e. The van der Waals surface area contributed by atoms with E-state index in [1.807, 2.05) is 95.7 Å². The number of carbonyl (C=O) groups is 3. The molecule has 0 atom stereocenters. The highest BCUT2D eigenvalue weighted by Gasteiger charge is 2.14. The van der Waals surface area contributed by atoms with Crippen LogP contribution in [0.2, 0.25) is 0 Å². The van der Waals surface area contributed by atoms with Crippen molar-refractivity contribution in [3.63, 3.8) is 0 Å². The molecule has 1 heterocycles. The molecule has 0 fully saturated rings. The molecule has 0 saturated heterocycles. The number of hydrogen-bond acceptors (Lipinski definition) is 4. The van der Waals surface area contributed by atoms with E-state index >= 15 is 0 Å². The second-order valence-corrected chi connectivity index (χ2v) is 9.30. The summed E-state index contributed by atoms with van der Waals surface area (Å²) in [6.45, 7) is 0.947. The molecule has 7 nitrogen and oxygen atoms in total. The molecule has 2 N–H and O–H groups in total. The molecule has 4 aromatic rings. The lowest BCUT2D eigenvalue weighted by atomic mass is 10.0. The lowest BCUT2D eigenvalue weighted by molar-refractivity contribution is -0.137. The maximum absolute atomic E-state index is 12.2. The van der Waals surface area contributed by atoms with E-state index in [9.17, 15) is 19.5 Å². The van der Waals surface area contributed by atoms with Crippen molar-refractivity contribution < 1.29 is 29.3 Å². The highest BCUT2D eigenvalue weighted by atomic mass is 16.5. The van der Waals surface area contributed by atoms with Gasteiger partial charge in [-0.15, -0.1) is 0 Å². The van der Waals surface area contributed by atoms with Gasteiger partial charge in [0.15, 0.2) is 5.78 Å². The Morgan fingerprint density at radius 1 is 0.795 bits per heavy atom. The molecule has 0 aliphatic carbocycles. The normalized spacial score (nSPS) is 11.2. The van der Waals surface area contributed by atoms with Gasteiger partial charge >= 0.3 is 11.9 Å². The predicted molar refractivity (Wildman–Crippen MR) is 151 cm³/mol. The number of ether oxygens (including phenoxy) is 1. The van der Waals surface area contributed by atoms with Gasteiger partial charge in [-0.25, -0.2) is 0 Å².